The first kappa shape index (κ1) is 15.2. The second-order valence-corrected chi connectivity index (χ2v) is 5.57. The Hall–Kier alpha value is -1.72. The second-order valence-electron chi connectivity index (χ2n) is 4.76. The number of hydrogen-bond acceptors (Lipinski definition) is 1. The summed E-state index contributed by atoms with van der Waals surface area (Å²) in [5.41, 5.74) is 1.33. The van der Waals surface area contributed by atoms with Gasteiger partial charge in [-0.3, -0.25) is 0 Å². The molecule has 0 saturated carbocycles. The molecule has 22 heavy (non-hydrogen) atoms. The molecule has 0 aliphatic carbocycles. The van der Waals surface area contributed by atoms with Crippen molar-refractivity contribution in [2.45, 2.75) is 12.7 Å². The van der Waals surface area contributed by atoms with Crippen LogP contribution in [0.4, 0.5) is 13.2 Å². The van der Waals surface area contributed by atoms with Gasteiger partial charge in [0.25, 0.3) is 0 Å². The summed E-state index contributed by atoms with van der Waals surface area (Å²) in [5.74, 6) is -0.931. The summed E-state index contributed by atoms with van der Waals surface area (Å²) in [7, 11) is 0. The van der Waals surface area contributed by atoms with Crippen LogP contribution in [0.2, 0.25) is 10.0 Å². The maximum Gasteiger partial charge on any atom is 0.449 e. The Bertz CT molecular complexity index is 840. The summed E-state index contributed by atoms with van der Waals surface area (Å²) in [4.78, 5) is 3.70. The summed E-state index contributed by atoms with van der Waals surface area (Å²) in [5, 5.41) is 0.661. The fraction of sp³-hybridized carbons (Fsp3) is 0.133. The monoisotopic (exact) mass is 344 g/mol. The molecule has 0 atom stereocenters. The Morgan fingerprint density at radius 2 is 1.73 bits per heavy atom. The Balaban J connectivity index is 2.14. The van der Waals surface area contributed by atoms with Crippen LogP contribution in [0.25, 0.3) is 11.0 Å². The number of nitrogens with zero attached hydrogens (tertiary/aromatic N) is 2. The Labute approximate surface area is 134 Å². The van der Waals surface area contributed by atoms with E-state index in [1.54, 1.807) is 42.5 Å². The van der Waals surface area contributed by atoms with Gasteiger partial charge in [0.1, 0.15) is 0 Å². The van der Waals surface area contributed by atoms with Gasteiger partial charge in [0.05, 0.1) is 21.1 Å². The number of aromatic nitrogens is 2. The van der Waals surface area contributed by atoms with Gasteiger partial charge in [0, 0.05) is 6.54 Å². The average Bonchev–Trinajstić information content (AvgIpc) is 2.82. The van der Waals surface area contributed by atoms with E-state index in [2.05, 4.69) is 4.98 Å². The standard InChI is InChI=1S/C15H9Cl2F3N2/c16-10-6-5-9(7-11(10)17)8-22-13-4-2-1-3-12(13)21-14(22)15(18,19)20/h1-7H,8H2. The molecule has 2 aromatic carbocycles. The van der Waals surface area contributed by atoms with E-state index in [4.69, 9.17) is 23.2 Å². The zero-order valence-corrected chi connectivity index (χ0v) is 12.5. The topological polar surface area (TPSA) is 17.8 Å². The summed E-state index contributed by atoms with van der Waals surface area (Å²) in [6.07, 6.45) is -4.53. The predicted molar refractivity (Wildman–Crippen MR) is 80.3 cm³/mol. The summed E-state index contributed by atoms with van der Waals surface area (Å²) >= 11 is 11.8. The van der Waals surface area contributed by atoms with Gasteiger partial charge in [-0.15, -0.1) is 0 Å². The molecule has 0 amide bonds. The Morgan fingerprint density at radius 1 is 1.00 bits per heavy atom. The Morgan fingerprint density at radius 3 is 2.41 bits per heavy atom. The summed E-state index contributed by atoms with van der Waals surface area (Å²) in [6.45, 7) is 0.00620. The highest BCUT2D eigenvalue weighted by molar-refractivity contribution is 6.42. The third-order valence-corrected chi connectivity index (χ3v) is 3.97. The minimum Gasteiger partial charge on any atom is -0.316 e. The lowest BCUT2D eigenvalue weighted by atomic mass is 10.2. The van der Waals surface area contributed by atoms with E-state index in [0.717, 1.165) is 4.57 Å². The average molecular weight is 345 g/mol. The molecule has 1 aromatic heterocycles. The molecular formula is C15H9Cl2F3N2. The van der Waals surface area contributed by atoms with Crippen LogP contribution in [0.5, 0.6) is 0 Å². The van der Waals surface area contributed by atoms with Gasteiger partial charge in [-0.25, -0.2) is 4.98 Å². The van der Waals surface area contributed by atoms with Crippen LogP contribution in [-0.4, -0.2) is 9.55 Å². The number of fused-ring (bicyclic) bond motifs is 1. The molecule has 7 heteroatoms. The van der Waals surface area contributed by atoms with Crippen LogP contribution in [0.1, 0.15) is 11.4 Å². The van der Waals surface area contributed by atoms with Crippen molar-refractivity contribution >= 4 is 34.2 Å². The number of benzene rings is 2. The van der Waals surface area contributed by atoms with Crippen LogP contribution in [-0.2, 0) is 12.7 Å². The smallest absolute Gasteiger partial charge is 0.316 e. The van der Waals surface area contributed by atoms with Gasteiger partial charge >= 0.3 is 6.18 Å². The number of hydrogen-bond donors (Lipinski definition) is 0. The van der Waals surface area contributed by atoms with E-state index in [1.165, 1.54) is 0 Å². The van der Waals surface area contributed by atoms with Crippen molar-refractivity contribution < 1.29 is 13.2 Å². The quantitative estimate of drug-likeness (QED) is 0.607. The van der Waals surface area contributed by atoms with Crippen molar-refractivity contribution in [1.82, 2.24) is 9.55 Å². The fourth-order valence-electron chi connectivity index (χ4n) is 2.27. The molecule has 3 rings (SSSR count). The lowest BCUT2D eigenvalue weighted by Crippen LogP contribution is -2.15. The van der Waals surface area contributed by atoms with Crippen molar-refractivity contribution in [2.75, 3.05) is 0 Å². The molecule has 0 fully saturated rings. The lowest BCUT2D eigenvalue weighted by Gasteiger charge is -2.12. The summed E-state index contributed by atoms with van der Waals surface area (Å²) < 4.78 is 40.7. The molecule has 114 valence electrons. The molecular weight excluding hydrogens is 336 g/mol. The van der Waals surface area contributed by atoms with Crippen molar-refractivity contribution in [2.24, 2.45) is 0 Å². The van der Waals surface area contributed by atoms with Crippen molar-refractivity contribution in [3.8, 4) is 0 Å². The molecule has 0 radical (unpaired) electrons. The van der Waals surface area contributed by atoms with Gasteiger partial charge in [-0.05, 0) is 29.8 Å². The molecule has 0 spiro atoms. The van der Waals surface area contributed by atoms with Crippen LogP contribution < -0.4 is 0 Å². The molecule has 3 aromatic rings. The first-order valence-electron chi connectivity index (χ1n) is 6.32. The highest BCUT2D eigenvalue weighted by atomic mass is 35.5. The van der Waals surface area contributed by atoms with E-state index in [1.807, 2.05) is 0 Å². The maximum atomic E-state index is 13.2. The first-order valence-corrected chi connectivity index (χ1v) is 7.08. The zero-order valence-electron chi connectivity index (χ0n) is 11.0. The predicted octanol–water partition coefficient (Wildman–Crippen LogP) is 5.41. The van der Waals surface area contributed by atoms with E-state index in [-0.39, 0.29) is 6.54 Å². The highest BCUT2D eigenvalue weighted by Gasteiger charge is 2.37. The minimum atomic E-state index is -4.53. The van der Waals surface area contributed by atoms with Crippen LogP contribution in [0, 0.1) is 0 Å². The largest absolute Gasteiger partial charge is 0.449 e. The number of alkyl halides is 3. The molecule has 0 bridgehead atoms. The van der Waals surface area contributed by atoms with E-state index in [0.29, 0.717) is 26.6 Å². The zero-order chi connectivity index (χ0) is 15.9. The number of imidazole rings is 1. The molecule has 0 N–H and O–H groups in total. The van der Waals surface area contributed by atoms with Gasteiger partial charge in [-0.1, -0.05) is 41.4 Å². The third-order valence-electron chi connectivity index (χ3n) is 3.23. The molecule has 0 saturated heterocycles. The molecule has 2 nitrogen and oxygen atoms in total. The van der Waals surface area contributed by atoms with Gasteiger partial charge in [-0.2, -0.15) is 13.2 Å². The van der Waals surface area contributed by atoms with Crippen molar-refractivity contribution in [1.29, 1.82) is 0 Å². The van der Waals surface area contributed by atoms with Gasteiger partial charge in [0.15, 0.2) is 0 Å². The molecule has 1 heterocycles. The molecule has 0 unspecified atom stereocenters. The van der Waals surface area contributed by atoms with E-state index < -0.39 is 12.0 Å². The van der Waals surface area contributed by atoms with Gasteiger partial charge < -0.3 is 4.57 Å². The van der Waals surface area contributed by atoms with E-state index >= 15 is 0 Å². The van der Waals surface area contributed by atoms with E-state index in [9.17, 15) is 13.2 Å². The maximum absolute atomic E-state index is 13.2. The number of halogens is 5. The van der Waals surface area contributed by atoms with Crippen molar-refractivity contribution in [3.05, 3.63) is 63.9 Å². The first-order chi connectivity index (χ1) is 10.4. The number of para-hydroxylation sites is 2. The molecule has 0 aliphatic heterocycles. The van der Waals surface area contributed by atoms with Crippen LogP contribution in [0.15, 0.2) is 42.5 Å². The van der Waals surface area contributed by atoms with Crippen molar-refractivity contribution in [3.63, 3.8) is 0 Å². The number of rotatable bonds is 2. The summed E-state index contributed by atoms with van der Waals surface area (Å²) in [6, 6.07) is 11.2. The molecule has 0 aliphatic rings. The highest BCUT2D eigenvalue weighted by Crippen LogP contribution is 2.32. The van der Waals surface area contributed by atoms with Crippen LogP contribution >= 0.6 is 23.2 Å². The SMILES string of the molecule is FC(F)(F)c1nc2ccccc2n1Cc1ccc(Cl)c(Cl)c1. The normalized spacial score (nSPS) is 12.0. The lowest BCUT2D eigenvalue weighted by molar-refractivity contribution is -0.146. The van der Waals surface area contributed by atoms with Crippen LogP contribution in [0.3, 0.4) is 0 Å². The van der Waals surface area contributed by atoms with Gasteiger partial charge in [0.2, 0.25) is 5.82 Å². The fourth-order valence-corrected chi connectivity index (χ4v) is 2.59. The Kier molecular flexibility index (Phi) is 3.78. The second kappa shape index (κ2) is 5.48. The third kappa shape index (κ3) is 2.78. The minimum absolute atomic E-state index is 0.00620.